The van der Waals surface area contributed by atoms with Crippen molar-refractivity contribution < 1.29 is 29.3 Å². The van der Waals surface area contributed by atoms with Crippen LogP contribution in [0.4, 0.5) is 0 Å². The molecular weight excluding hydrogens is 482 g/mol. The summed E-state index contributed by atoms with van der Waals surface area (Å²) in [6, 6.07) is 10.6. The van der Waals surface area contributed by atoms with Gasteiger partial charge in [0.05, 0.1) is 25.8 Å². The first-order valence-corrected chi connectivity index (χ1v) is 13.7. The summed E-state index contributed by atoms with van der Waals surface area (Å²) in [6.07, 6.45) is 11.6. The van der Waals surface area contributed by atoms with Gasteiger partial charge in [0.15, 0.2) is 11.5 Å². The van der Waals surface area contributed by atoms with Crippen molar-refractivity contribution >= 4 is 17.4 Å². The number of ether oxygens (including phenoxy) is 2. The fourth-order valence-electron chi connectivity index (χ4n) is 5.00. The predicted octanol–water partition coefficient (Wildman–Crippen LogP) is 6.75. The molecule has 1 unspecified atom stereocenters. The van der Waals surface area contributed by atoms with Gasteiger partial charge in [0.1, 0.15) is 11.5 Å². The van der Waals surface area contributed by atoms with E-state index in [1.165, 1.54) is 63.0 Å². The van der Waals surface area contributed by atoms with Gasteiger partial charge >= 0.3 is 0 Å². The van der Waals surface area contributed by atoms with Gasteiger partial charge in [0, 0.05) is 12.1 Å². The molecule has 3 rings (SSSR count). The quantitative estimate of drug-likeness (QED) is 0.116. The number of likely N-dealkylation sites (tertiary alicyclic amines) is 1. The largest absolute Gasteiger partial charge is 0.507 e. The number of carbonyl (C=O) groups is 2. The lowest BCUT2D eigenvalue weighted by Crippen LogP contribution is -2.30. The van der Waals surface area contributed by atoms with Crippen LogP contribution in [0, 0.1) is 0 Å². The number of Topliss-reactive ketones (excluding diaryl/α,β-unsaturated/α-hetero) is 1. The minimum absolute atomic E-state index is 0.0278. The number of rotatable bonds is 15. The van der Waals surface area contributed by atoms with Crippen LogP contribution in [0.15, 0.2) is 48.0 Å². The van der Waals surface area contributed by atoms with E-state index >= 15 is 0 Å². The van der Waals surface area contributed by atoms with Crippen molar-refractivity contribution in [2.24, 2.45) is 0 Å². The normalized spacial score (nSPS) is 16.7. The fraction of sp³-hybridized carbons (Fsp3) is 0.484. The molecule has 0 saturated carbocycles. The van der Waals surface area contributed by atoms with Crippen molar-refractivity contribution in [2.45, 2.75) is 77.2 Å². The summed E-state index contributed by atoms with van der Waals surface area (Å²) < 4.78 is 10.5. The number of methoxy groups -OCH3 is 2. The summed E-state index contributed by atoms with van der Waals surface area (Å²) in [5.74, 6) is -0.790. The van der Waals surface area contributed by atoms with Gasteiger partial charge in [-0.3, -0.25) is 9.59 Å². The van der Waals surface area contributed by atoms with Gasteiger partial charge in [0.2, 0.25) is 0 Å². The predicted molar refractivity (Wildman–Crippen MR) is 149 cm³/mol. The third kappa shape index (κ3) is 7.09. The van der Waals surface area contributed by atoms with Crippen molar-refractivity contribution in [2.75, 3.05) is 20.8 Å². The molecule has 1 amide bonds. The van der Waals surface area contributed by atoms with Crippen LogP contribution in [-0.4, -0.2) is 47.6 Å². The van der Waals surface area contributed by atoms with Crippen LogP contribution in [0.25, 0.3) is 5.76 Å². The van der Waals surface area contributed by atoms with E-state index in [9.17, 15) is 19.8 Å². The number of aliphatic hydroxyl groups is 1. The highest BCUT2D eigenvalue weighted by atomic mass is 16.5. The number of carbonyl (C=O) groups excluding carboxylic acids is 2. The maximum absolute atomic E-state index is 13.2. The second kappa shape index (κ2) is 14.5. The summed E-state index contributed by atoms with van der Waals surface area (Å²) in [6.45, 7) is 2.62. The van der Waals surface area contributed by atoms with Crippen LogP contribution in [0.5, 0.6) is 17.2 Å². The molecule has 2 aromatic rings. The highest BCUT2D eigenvalue weighted by Gasteiger charge is 2.46. The first-order valence-electron chi connectivity index (χ1n) is 13.7. The van der Waals surface area contributed by atoms with Crippen molar-refractivity contribution in [3.63, 3.8) is 0 Å². The molecule has 1 aliphatic heterocycles. The number of phenolic OH excluding ortho intramolecular Hbond substituents is 1. The number of unbranched alkanes of at least 4 members (excludes halogenated alkanes) is 9. The number of nitrogens with zero attached hydrogens (tertiary/aromatic N) is 1. The Morgan fingerprint density at radius 1 is 0.842 bits per heavy atom. The molecular formula is C31H41NO6. The maximum atomic E-state index is 13.2. The lowest BCUT2D eigenvalue weighted by molar-refractivity contribution is -0.139. The smallest absolute Gasteiger partial charge is 0.295 e. The van der Waals surface area contributed by atoms with Gasteiger partial charge in [-0.15, -0.1) is 0 Å². The minimum atomic E-state index is -0.787. The maximum Gasteiger partial charge on any atom is 0.295 e. The van der Waals surface area contributed by atoms with Crippen molar-refractivity contribution in [3.8, 4) is 17.2 Å². The van der Waals surface area contributed by atoms with Crippen LogP contribution >= 0.6 is 0 Å². The van der Waals surface area contributed by atoms with E-state index in [1.54, 1.807) is 43.5 Å². The topological polar surface area (TPSA) is 96.3 Å². The molecule has 7 heteroatoms. The third-order valence-electron chi connectivity index (χ3n) is 7.18. The zero-order chi connectivity index (χ0) is 27.5. The van der Waals surface area contributed by atoms with Crippen LogP contribution in [0.1, 0.15) is 88.3 Å². The molecule has 1 heterocycles. The Labute approximate surface area is 226 Å². The van der Waals surface area contributed by atoms with E-state index in [4.69, 9.17) is 9.47 Å². The Hall–Kier alpha value is -3.48. The molecule has 0 spiro atoms. The number of aromatic hydroxyl groups is 1. The average molecular weight is 524 g/mol. The van der Waals surface area contributed by atoms with Crippen LogP contribution in [0.3, 0.4) is 0 Å². The lowest BCUT2D eigenvalue weighted by atomic mass is 9.95. The highest BCUT2D eigenvalue weighted by molar-refractivity contribution is 6.46. The van der Waals surface area contributed by atoms with E-state index in [0.717, 1.165) is 19.3 Å². The number of phenols is 1. The Balaban J connectivity index is 1.79. The zero-order valence-electron chi connectivity index (χ0n) is 22.9. The van der Waals surface area contributed by atoms with E-state index in [1.807, 2.05) is 0 Å². The Morgan fingerprint density at radius 2 is 1.45 bits per heavy atom. The number of benzene rings is 2. The number of hydrogen-bond donors (Lipinski definition) is 2. The standard InChI is InChI=1S/C31H41NO6/c1-4-5-6-7-8-9-10-11-12-13-20-32-28(23-16-19-25(33)26(21-23)38-3)27(30(35)31(32)36)29(34)22-14-17-24(37-2)18-15-22/h14-19,21,28,33-34H,4-13,20H2,1-3H3/b29-27-. The van der Waals surface area contributed by atoms with Gasteiger partial charge in [-0.2, -0.15) is 0 Å². The number of amides is 1. The first kappa shape index (κ1) is 29.1. The highest BCUT2D eigenvalue weighted by Crippen LogP contribution is 2.42. The fourth-order valence-corrected chi connectivity index (χ4v) is 5.00. The van der Waals surface area contributed by atoms with Gasteiger partial charge in [-0.1, -0.05) is 70.8 Å². The molecule has 0 aliphatic carbocycles. The molecule has 1 saturated heterocycles. The van der Waals surface area contributed by atoms with Crippen LogP contribution in [-0.2, 0) is 9.59 Å². The molecule has 1 atom stereocenters. The molecule has 2 aromatic carbocycles. The Morgan fingerprint density at radius 3 is 2.03 bits per heavy atom. The molecule has 1 aliphatic rings. The van der Waals surface area contributed by atoms with Gasteiger partial charge in [0.25, 0.3) is 11.7 Å². The summed E-state index contributed by atoms with van der Waals surface area (Å²) in [5.41, 5.74) is 1.03. The van der Waals surface area contributed by atoms with Crippen LogP contribution in [0.2, 0.25) is 0 Å². The molecule has 2 N–H and O–H groups in total. The minimum Gasteiger partial charge on any atom is -0.507 e. The Kier molecular flexibility index (Phi) is 11.1. The summed E-state index contributed by atoms with van der Waals surface area (Å²) in [5, 5.41) is 21.3. The van der Waals surface area contributed by atoms with Gasteiger partial charge in [-0.05, 0) is 48.4 Å². The van der Waals surface area contributed by atoms with Gasteiger partial charge in [-0.25, -0.2) is 0 Å². The second-order valence-corrected chi connectivity index (χ2v) is 9.83. The molecule has 38 heavy (non-hydrogen) atoms. The van der Waals surface area contributed by atoms with Crippen molar-refractivity contribution in [1.82, 2.24) is 4.90 Å². The number of aliphatic hydroxyl groups excluding tert-OH is 1. The SMILES string of the molecule is CCCCCCCCCCCCN1C(=O)C(=O)/C(=C(\O)c2ccc(OC)cc2)C1c1ccc(O)c(OC)c1. The number of ketones is 1. The molecule has 206 valence electrons. The second-order valence-electron chi connectivity index (χ2n) is 9.83. The molecule has 0 aromatic heterocycles. The Bertz CT molecular complexity index is 1110. The van der Waals surface area contributed by atoms with E-state index in [0.29, 0.717) is 23.4 Å². The van der Waals surface area contributed by atoms with Crippen molar-refractivity contribution in [1.29, 1.82) is 0 Å². The molecule has 7 nitrogen and oxygen atoms in total. The van der Waals surface area contributed by atoms with E-state index in [2.05, 4.69) is 6.92 Å². The van der Waals surface area contributed by atoms with E-state index < -0.39 is 17.7 Å². The summed E-state index contributed by atoms with van der Waals surface area (Å²) in [4.78, 5) is 27.9. The number of hydrogen-bond acceptors (Lipinski definition) is 6. The summed E-state index contributed by atoms with van der Waals surface area (Å²) >= 11 is 0. The summed E-state index contributed by atoms with van der Waals surface area (Å²) in [7, 11) is 2.99. The molecule has 0 radical (unpaired) electrons. The molecule has 1 fully saturated rings. The monoisotopic (exact) mass is 523 g/mol. The van der Waals surface area contributed by atoms with Crippen molar-refractivity contribution in [3.05, 3.63) is 59.2 Å². The zero-order valence-corrected chi connectivity index (χ0v) is 22.9. The lowest BCUT2D eigenvalue weighted by Gasteiger charge is -2.26. The third-order valence-corrected chi connectivity index (χ3v) is 7.18. The first-order chi connectivity index (χ1) is 18.4. The van der Waals surface area contributed by atoms with Gasteiger partial charge < -0.3 is 24.6 Å². The average Bonchev–Trinajstić information content (AvgIpc) is 3.19. The van der Waals surface area contributed by atoms with Crippen LogP contribution < -0.4 is 9.47 Å². The van der Waals surface area contributed by atoms with E-state index in [-0.39, 0.29) is 22.8 Å². The molecule has 0 bridgehead atoms.